The van der Waals surface area contributed by atoms with Gasteiger partial charge >= 0.3 is 0 Å². The van der Waals surface area contributed by atoms with Gasteiger partial charge in [-0.1, -0.05) is 29.8 Å². The molecule has 0 spiro atoms. The summed E-state index contributed by atoms with van der Waals surface area (Å²) >= 11 is 0. The predicted molar refractivity (Wildman–Crippen MR) is 75.7 cm³/mol. The van der Waals surface area contributed by atoms with Crippen molar-refractivity contribution in [3.63, 3.8) is 0 Å². The van der Waals surface area contributed by atoms with Crippen LogP contribution < -0.4 is 4.74 Å². The molecule has 3 heteroatoms. The Morgan fingerprint density at radius 3 is 2.89 bits per heavy atom. The van der Waals surface area contributed by atoms with E-state index < -0.39 is 0 Å². The van der Waals surface area contributed by atoms with Crippen LogP contribution in [0.15, 0.2) is 48.8 Å². The minimum atomic E-state index is 0.822. The number of aryl methyl sites for hydroxylation is 1. The quantitative estimate of drug-likeness (QED) is 0.715. The van der Waals surface area contributed by atoms with Gasteiger partial charge in [-0.3, -0.25) is 0 Å². The van der Waals surface area contributed by atoms with E-state index in [0.29, 0.717) is 0 Å². The Balaban J connectivity index is 2.02. The molecule has 96 valence electrons. The van der Waals surface area contributed by atoms with Gasteiger partial charge in [0.2, 0.25) is 0 Å². The van der Waals surface area contributed by atoms with Gasteiger partial charge in [0.05, 0.1) is 13.3 Å². The Morgan fingerprint density at radius 2 is 2.11 bits per heavy atom. The van der Waals surface area contributed by atoms with Crippen LogP contribution in [0.2, 0.25) is 0 Å². The minimum Gasteiger partial charge on any atom is -0.494 e. The summed E-state index contributed by atoms with van der Waals surface area (Å²) in [4.78, 5) is 4.51. The Kier molecular flexibility index (Phi) is 2.95. The SMILES string of the molecule is COc1cccn2c(Cc3cccc(C)c3)ncc12. The lowest BCUT2D eigenvalue weighted by Gasteiger charge is -2.05. The number of nitrogens with zero attached hydrogens (tertiary/aromatic N) is 2. The molecule has 0 fully saturated rings. The zero-order chi connectivity index (χ0) is 13.2. The number of hydrogen-bond donors (Lipinski definition) is 0. The van der Waals surface area contributed by atoms with Crippen molar-refractivity contribution in [1.82, 2.24) is 9.38 Å². The lowest BCUT2D eigenvalue weighted by molar-refractivity contribution is 0.418. The highest BCUT2D eigenvalue weighted by molar-refractivity contribution is 5.59. The summed E-state index contributed by atoms with van der Waals surface area (Å²) in [6.07, 6.45) is 4.71. The third-order valence-corrected chi connectivity index (χ3v) is 3.27. The average Bonchev–Trinajstić information content (AvgIpc) is 2.82. The highest BCUT2D eigenvalue weighted by Crippen LogP contribution is 2.21. The molecule has 2 heterocycles. The van der Waals surface area contributed by atoms with Crippen LogP contribution in [0.3, 0.4) is 0 Å². The number of hydrogen-bond acceptors (Lipinski definition) is 2. The van der Waals surface area contributed by atoms with Crippen LogP contribution in [0.4, 0.5) is 0 Å². The second-order valence-corrected chi connectivity index (χ2v) is 4.67. The van der Waals surface area contributed by atoms with Crippen molar-refractivity contribution < 1.29 is 4.74 Å². The first kappa shape index (κ1) is 11.8. The molecule has 3 rings (SSSR count). The van der Waals surface area contributed by atoms with Gasteiger partial charge in [-0.25, -0.2) is 4.98 Å². The molecule has 0 radical (unpaired) electrons. The van der Waals surface area contributed by atoms with Crippen LogP contribution in [-0.2, 0) is 6.42 Å². The fourth-order valence-electron chi connectivity index (χ4n) is 2.36. The second kappa shape index (κ2) is 4.76. The number of benzene rings is 1. The highest BCUT2D eigenvalue weighted by Gasteiger charge is 2.08. The van der Waals surface area contributed by atoms with E-state index in [-0.39, 0.29) is 0 Å². The zero-order valence-corrected chi connectivity index (χ0v) is 11.1. The van der Waals surface area contributed by atoms with Crippen molar-refractivity contribution in [3.05, 3.63) is 65.7 Å². The van der Waals surface area contributed by atoms with E-state index in [9.17, 15) is 0 Å². The molecule has 0 unspecified atom stereocenters. The number of ether oxygens (including phenoxy) is 1. The molecule has 0 aliphatic carbocycles. The Hall–Kier alpha value is -2.29. The zero-order valence-electron chi connectivity index (χ0n) is 11.1. The first-order chi connectivity index (χ1) is 9.28. The molecule has 2 aromatic heterocycles. The van der Waals surface area contributed by atoms with Crippen molar-refractivity contribution >= 4 is 5.52 Å². The van der Waals surface area contributed by atoms with Crippen LogP contribution in [0.1, 0.15) is 17.0 Å². The fourth-order valence-corrected chi connectivity index (χ4v) is 2.36. The maximum Gasteiger partial charge on any atom is 0.144 e. The summed E-state index contributed by atoms with van der Waals surface area (Å²) in [6, 6.07) is 12.5. The van der Waals surface area contributed by atoms with Crippen LogP contribution in [0.5, 0.6) is 5.75 Å². The number of aromatic nitrogens is 2. The van der Waals surface area contributed by atoms with E-state index in [1.807, 2.05) is 24.5 Å². The van der Waals surface area contributed by atoms with Crippen molar-refractivity contribution in [1.29, 1.82) is 0 Å². The molecule has 19 heavy (non-hydrogen) atoms. The van der Waals surface area contributed by atoms with Gasteiger partial charge in [0.15, 0.2) is 0 Å². The van der Waals surface area contributed by atoms with Crippen LogP contribution in [0, 0.1) is 6.92 Å². The van der Waals surface area contributed by atoms with Crippen molar-refractivity contribution in [3.8, 4) is 5.75 Å². The maximum atomic E-state index is 5.35. The Labute approximate surface area is 112 Å². The van der Waals surface area contributed by atoms with E-state index in [4.69, 9.17) is 4.74 Å². The second-order valence-electron chi connectivity index (χ2n) is 4.67. The van der Waals surface area contributed by atoms with Gasteiger partial charge in [-0.05, 0) is 24.6 Å². The summed E-state index contributed by atoms with van der Waals surface area (Å²) in [5.74, 6) is 1.88. The van der Waals surface area contributed by atoms with Crippen molar-refractivity contribution in [2.75, 3.05) is 7.11 Å². The number of rotatable bonds is 3. The molecular formula is C16H16N2O. The van der Waals surface area contributed by atoms with Crippen LogP contribution in [0.25, 0.3) is 5.52 Å². The molecule has 0 aliphatic rings. The van der Waals surface area contributed by atoms with Gasteiger partial charge in [-0.15, -0.1) is 0 Å². The molecule has 0 saturated heterocycles. The lowest BCUT2D eigenvalue weighted by Crippen LogP contribution is -1.97. The number of methoxy groups -OCH3 is 1. The first-order valence-corrected chi connectivity index (χ1v) is 6.32. The molecular weight excluding hydrogens is 236 g/mol. The molecule has 0 N–H and O–H groups in total. The molecule has 3 nitrogen and oxygen atoms in total. The minimum absolute atomic E-state index is 0.822. The number of fused-ring (bicyclic) bond motifs is 1. The van der Waals surface area contributed by atoms with E-state index in [2.05, 4.69) is 40.6 Å². The molecule has 1 aromatic carbocycles. The summed E-state index contributed by atoms with van der Waals surface area (Å²) < 4.78 is 7.43. The first-order valence-electron chi connectivity index (χ1n) is 6.32. The molecule has 0 atom stereocenters. The largest absolute Gasteiger partial charge is 0.494 e. The molecule has 0 amide bonds. The van der Waals surface area contributed by atoms with E-state index in [1.165, 1.54) is 11.1 Å². The summed E-state index contributed by atoms with van der Waals surface area (Å²) in [6.45, 7) is 2.11. The van der Waals surface area contributed by atoms with Crippen molar-refractivity contribution in [2.24, 2.45) is 0 Å². The van der Waals surface area contributed by atoms with E-state index in [0.717, 1.165) is 23.5 Å². The topological polar surface area (TPSA) is 26.5 Å². The maximum absolute atomic E-state index is 5.35. The smallest absolute Gasteiger partial charge is 0.144 e. The van der Waals surface area contributed by atoms with E-state index in [1.54, 1.807) is 7.11 Å². The lowest BCUT2D eigenvalue weighted by atomic mass is 10.1. The van der Waals surface area contributed by atoms with Crippen molar-refractivity contribution in [2.45, 2.75) is 13.3 Å². The predicted octanol–water partition coefficient (Wildman–Crippen LogP) is 3.24. The molecule has 3 aromatic rings. The number of imidazole rings is 1. The van der Waals surface area contributed by atoms with Crippen LogP contribution >= 0.6 is 0 Å². The van der Waals surface area contributed by atoms with Crippen LogP contribution in [-0.4, -0.2) is 16.5 Å². The van der Waals surface area contributed by atoms with Gasteiger partial charge in [0, 0.05) is 12.6 Å². The third kappa shape index (κ3) is 2.19. The Bertz CT molecular complexity index is 716. The normalized spacial score (nSPS) is 10.8. The molecule has 0 bridgehead atoms. The molecule has 0 aliphatic heterocycles. The van der Waals surface area contributed by atoms with E-state index >= 15 is 0 Å². The number of pyridine rings is 1. The van der Waals surface area contributed by atoms with Gasteiger partial charge in [0.25, 0.3) is 0 Å². The standard InChI is InChI=1S/C16H16N2O/c1-12-5-3-6-13(9-12)10-16-17-11-14-15(19-2)7-4-8-18(14)16/h3-9,11H,10H2,1-2H3. The third-order valence-electron chi connectivity index (χ3n) is 3.27. The fraction of sp³-hybridized carbons (Fsp3) is 0.188. The highest BCUT2D eigenvalue weighted by atomic mass is 16.5. The summed E-state index contributed by atoms with van der Waals surface area (Å²) in [7, 11) is 1.68. The van der Waals surface area contributed by atoms with Gasteiger partial charge in [0.1, 0.15) is 17.1 Å². The Morgan fingerprint density at radius 1 is 1.21 bits per heavy atom. The summed E-state index contributed by atoms with van der Waals surface area (Å²) in [5, 5.41) is 0. The van der Waals surface area contributed by atoms with Gasteiger partial charge in [-0.2, -0.15) is 0 Å². The molecule has 0 saturated carbocycles. The monoisotopic (exact) mass is 252 g/mol. The summed E-state index contributed by atoms with van der Waals surface area (Å²) in [5.41, 5.74) is 3.55. The van der Waals surface area contributed by atoms with Gasteiger partial charge < -0.3 is 9.14 Å². The average molecular weight is 252 g/mol.